The number of carbonyl (C=O) groups is 1. The third kappa shape index (κ3) is 2.92. The van der Waals surface area contributed by atoms with E-state index in [2.05, 4.69) is 30.2 Å². The van der Waals surface area contributed by atoms with Gasteiger partial charge < -0.3 is 15.2 Å². The molecule has 0 spiro atoms. The summed E-state index contributed by atoms with van der Waals surface area (Å²) in [7, 11) is 0. The molecule has 7 nitrogen and oxygen atoms in total. The first-order valence-electron chi connectivity index (χ1n) is 8.08. The number of aromatic amines is 1. The molecule has 1 amide bonds. The lowest BCUT2D eigenvalue weighted by Gasteiger charge is -2.16. The molecule has 1 aliphatic heterocycles. The lowest BCUT2D eigenvalue weighted by atomic mass is 10.3. The summed E-state index contributed by atoms with van der Waals surface area (Å²) in [6.07, 6.45) is 3.78. The van der Waals surface area contributed by atoms with Crippen LogP contribution >= 0.6 is 0 Å². The highest BCUT2D eigenvalue weighted by atomic mass is 16.1. The van der Waals surface area contributed by atoms with Gasteiger partial charge in [0.1, 0.15) is 23.7 Å². The number of rotatable bonds is 4. The summed E-state index contributed by atoms with van der Waals surface area (Å²) in [6, 6.07) is 9.53. The fraction of sp³-hybridized carbons (Fsp3) is 0.294. The van der Waals surface area contributed by atoms with Crippen molar-refractivity contribution >= 4 is 22.8 Å². The molecule has 0 aliphatic carbocycles. The Balaban J connectivity index is 1.44. The molecule has 0 bridgehead atoms. The van der Waals surface area contributed by atoms with Gasteiger partial charge in [0.25, 0.3) is 5.91 Å². The molecule has 7 heteroatoms. The number of hydrogen-bond acceptors (Lipinski definition) is 5. The zero-order chi connectivity index (χ0) is 16.4. The number of imidazole rings is 1. The normalized spacial score (nSPS) is 14.2. The molecular formula is C17H18N6O. The van der Waals surface area contributed by atoms with Gasteiger partial charge in [0.05, 0.1) is 17.6 Å². The van der Waals surface area contributed by atoms with Crippen molar-refractivity contribution in [1.29, 1.82) is 0 Å². The van der Waals surface area contributed by atoms with Crippen LogP contribution in [-0.4, -0.2) is 38.9 Å². The van der Waals surface area contributed by atoms with E-state index >= 15 is 0 Å². The van der Waals surface area contributed by atoms with Gasteiger partial charge in [-0.25, -0.2) is 15.0 Å². The van der Waals surface area contributed by atoms with Gasteiger partial charge in [0.15, 0.2) is 0 Å². The van der Waals surface area contributed by atoms with Gasteiger partial charge in [-0.15, -0.1) is 0 Å². The molecule has 1 aliphatic rings. The minimum atomic E-state index is -0.224. The number of para-hydroxylation sites is 2. The molecule has 1 fully saturated rings. The van der Waals surface area contributed by atoms with Crippen LogP contribution in [0.3, 0.4) is 0 Å². The first-order valence-corrected chi connectivity index (χ1v) is 8.08. The summed E-state index contributed by atoms with van der Waals surface area (Å²) < 4.78 is 0. The van der Waals surface area contributed by atoms with Gasteiger partial charge in [-0.1, -0.05) is 12.1 Å². The maximum atomic E-state index is 12.3. The largest absolute Gasteiger partial charge is 0.357 e. The van der Waals surface area contributed by atoms with Crippen molar-refractivity contribution in [1.82, 2.24) is 25.3 Å². The molecule has 0 unspecified atom stereocenters. The van der Waals surface area contributed by atoms with E-state index < -0.39 is 0 Å². The fourth-order valence-electron chi connectivity index (χ4n) is 2.93. The fourth-order valence-corrected chi connectivity index (χ4v) is 2.93. The summed E-state index contributed by atoms with van der Waals surface area (Å²) in [5.41, 5.74) is 2.23. The number of H-pyrrole nitrogens is 1. The average molecular weight is 322 g/mol. The number of carbonyl (C=O) groups excluding carboxylic acids is 1. The van der Waals surface area contributed by atoms with Crippen LogP contribution < -0.4 is 10.2 Å². The van der Waals surface area contributed by atoms with Crippen LogP contribution in [0, 0.1) is 0 Å². The van der Waals surface area contributed by atoms with E-state index in [-0.39, 0.29) is 5.91 Å². The van der Waals surface area contributed by atoms with Crippen molar-refractivity contribution in [3.8, 4) is 0 Å². The van der Waals surface area contributed by atoms with Crippen molar-refractivity contribution in [2.45, 2.75) is 19.4 Å². The Kier molecular flexibility index (Phi) is 3.82. The highest BCUT2D eigenvalue weighted by Gasteiger charge is 2.16. The van der Waals surface area contributed by atoms with Crippen LogP contribution in [0.1, 0.15) is 29.2 Å². The molecule has 4 rings (SSSR count). The van der Waals surface area contributed by atoms with Gasteiger partial charge >= 0.3 is 0 Å². The minimum Gasteiger partial charge on any atom is -0.357 e. The zero-order valence-electron chi connectivity index (χ0n) is 13.2. The van der Waals surface area contributed by atoms with Gasteiger partial charge in [0.2, 0.25) is 0 Å². The van der Waals surface area contributed by atoms with Crippen LogP contribution in [0.2, 0.25) is 0 Å². The zero-order valence-corrected chi connectivity index (χ0v) is 13.2. The molecule has 0 saturated carbocycles. The molecule has 0 atom stereocenters. The second-order valence-electron chi connectivity index (χ2n) is 5.84. The van der Waals surface area contributed by atoms with Crippen molar-refractivity contribution in [3.05, 3.63) is 48.2 Å². The number of hydrogen-bond donors (Lipinski definition) is 2. The van der Waals surface area contributed by atoms with Crippen LogP contribution in [0.25, 0.3) is 11.0 Å². The minimum absolute atomic E-state index is 0.224. The number of nitrogens with zero attached hydrogens (tertiary/aromatic N) is 4. The van der Waals surface area contributed by atoms with E-state index in [0.717, 1.165) is 48.6 Å². The lowest BCUT2D eigenvalue weighted by Crippen LogP contribution is -2.26. The number of nitrogens with one attached hydrogen (secondary N) is 2. The number of aromatic nitrogens is 4. The maximum absolute atomic E-state index is 12.3. The molecule has 3 aromatic rings. The number of amides is 1. The Morgan fingerprint density at radius 2 is 2.04 bits per heavy atom. The third-order valence-corrected chi connectivity index (χ3v) is 4.17. The van der Waals surface area contributed by atoms with Crippen LogP contribution in [0.5, 0.6) is 0 Å². The Morgan fingerprint density at radius 1 is 1.21 bits per heavy atom. The molecule has 122 valence electrons. The first-order chi connectivity index (χ1) is 11.8. The maximum Gasteiger partial charge on any atom is 0.270 e. The lowest BCUT2D eigenvalue weighted by molar-refractivity contribution is 0.0945. The molecule has 0 radical (unpaired) electrons. The Bertz CT molecular complexity index is 835. The number of anilines is 1. The van der Waals surface area contributed by atoms with E-state index in [1.54, 1.807) is 6.07 Å². The highest BCUT2D eigenvalue weighted by Crippen LogP contribution is 2.17. The smallest absolute Gasteiger partial charge is 0.270 e. The molecule has 3 heterocycles. The Labute approximate surface area is 139 Å². The van der Waals surface area contributed by atoms with Crippen LogP contribution in [0.4, 0.5) is 5.82 Å². The van der Waals surface area contributed by atoms with Gasteiger partial charge in [0, 0.05) is 19.2 Å². The third-order valence-electron chi connectivity index (χ3n) is 4.17. The first kappa shape index (κ1) is 14.6. The molecule has 1 saturated heterocycles. The second kappa shape index (κ2) is 6.27. The van der Waals surface area contributed by atoms with E-state index in [1.165, 1.54) is 6.33 Å². The summed E-state index contributed by atoms with van der Waals surface area (Å²) in [4.78, 5) is 30.5. The summed E-state index contributed by atoms with van der Waals surface area (Å²) in [6.45, 7) is 2.30. The van der Waals surface area contributed by atoms with Crippen molar-refractivity contribution < 1.29 is 4.79 Å². The molecule has 2 aromatic heterocycles. The quantitative estimate of drug-likeness (QED) is 0.766. The Morgan fingerprint density at radius 3 is 2.88 bits per heavy atom. The summed E-state index contributed by atoms with van der Waals surface area (Å²) in [5.74, 6) is 1.31. The van der Waals surface area contributed by atoms with Crippen molar-refractivity contribution in [3.63, 3.8) is 0 Å². The molecule has 24 heavy (non-hydrogen) atoms. The van der Waals surface area contributed by atoms with E-state index in [4.69, 9.17) is 0 Å². The topological polar surface area (TPSA) is 86.8 Å². The second-order valence-corrected chi connectivity index (χ2v) is 5.84. The monoisotopic (exact) mass is 322 g/mol. The Hall–Kier alpha value is -2.96. The van der Waals surface area contributed by atoms with Crippen molar-refractivity contribution in [2.75, 3.05) is 18.0 Å². The van der Waals surface area contributed by atoms with E-state index in [1.807, 2.05) is 24.3 Å². The molecule has 1 aromatic carbocycles. The SMILES string of the molecule is O=C(NCc1nc2ccccc2[nH]1)c1cc(N2CCCC2)ncn1. The summed E-state index contributed by atoms with van der Waals surface area (Å²) in [5, 5.41) is 2.85. The average Bonchev–Trinajstić information content (AvgIpc) is 3.29. The number of benzene rings is 1. The van der Waals surface area contributed by atoms with Crippen molar-refractivity contribution in [2.24, 2.45) is 0 Å². The predicted octanol–water partition coefficient (Wildman–Crippen LogP) is 1.88. The van der Waals surface area contributed by atoms with Gasteiger partial charge in [-0.05, 0) is 25.0 Å². The highest BCUT2D eigenvalue weighted by molar-refractivity contribution is 5.92. The number of fused-ring (bicyclic) bond motifs is 1. The molecule has 2 N–H and O–H groups in total. The van der Waals surface area contributed by atoms with Crippen LogP contribution in [-0.2, 0) is 6.54 Å². The molecular weight excluding hydrogens is 304 g/mol. The summed E-state index contributed by atoms with van der Waals surface area (Å²) >= 11 is 0. The standard InChI is InChI=1S/C17H18N6O/c24-17(14-9-16(20-11-19-14)23-7-3-4-8-23)18-10-15-21-12-5-1-2-6-13(12)22-15/h1-2,5-6,9,11H,3-4,7-8,10H2,(H,18,24)(H,21,22). The van der Waals surface area contributed by atoms with E-state index in [9.17, 15) is 4.79 Å². The van der Waals surface area contributed by atoms with Crippen LogP contribution in [0.15, 0.2) is 36.7 Å². The predicted molar refractivity (Wildman–Crippen MR) is 90.7 cm³/mol. The van der Waals surface area contributed by atoms with E-state index in [0.29, 0.717) is 12.2 Å². The van der Waals surface area contributed by atoms with Gasteiger partial charge in [-0.2, -0.15) is 0 Å². The van der Waals surface area contributed by atoms with Gasteiger partial charge in [-0.3, -0.25) is 4.79 Å².